The van der Waals surface area contributed by atoms with E-state index in [9.17, 15) is 9.18 Å². The molecule has 2 saturated heterocycles. The minimum Gasteiger partial charge on any atom is -0.342 e. The second-order valence-electron chi connectivity index (χ2n) is 5.79. The van der Waals surface area contributed by atoms with E-state index in [4.69, 9.17) is 0 Å². The Hall–Kier alpha value is -0.640. The van der Waals surface area contributed by atoms with Gasteiger partial charge < -0.3 is 10.2 Å². The fourth-order valence-electron chi connectivity index (χ4n) is 2.73. The molecule has 0 bridgehead atoms. The van der Waals surface area contributed by atoms with Gasteiger partial charge in [-0.05, 0) is 44.2 Å². The van der Waals surface area contributed by atoms with Crippen LogP contribution in [0.25, 0.3) is 0 Å². The number of carbonyl (C=O) groups is 1. The number of halogens is 1. The second-order valence-corrected chi connectivity index (χ2v) is 5.79. The van der Waals surface area contributed by atoms with Crippen molar-refractivity contribution < 1.29 is 9.18 Å². The van der Waals surface area contributed by atoms with Crippen LogP contribution in [0.1, 0.15) is 32.6 Å². The highest BCUT2D eigenvalue weighted by molar-refractivity contribution is 5.79. The summed E-state index contributed by atoms with van der Waals surface area (Å²) < 4.78 is 12.8. The van der Waals surface area contributed by atoms with Gasteiger partial charge in [-0.25, -0.2) is 0 Å². The number of hydrogen-bond acceptors (Lipinski definition) is 2. The third-order valence-electron chi connectivity index (χ3n) is 4.29. The van der Waals surface area contributed by atoms with Gasteiger partial charge in [0.2, 0.25) is 5.91 Å². The number of amides is 1. The van der Waals surface area contributed by atoms with Gasteiger partial charge in [0.1, 0.15) is 0 Å². The minimum absolute atomic E-state index is 0.190. The molecular formula is C13H23FN2O. The summed E-state index contributed by atoms with van der Waals surface area (Å²) in [6.45, 7) is 5.10. The van der Waals surface area contributed by atoms with E-state index in [1.165, 1.54) is 0 Å². The molecule has 2 aliphatic rings. The van der Waals surface area contributed by atoms with Gasteiger partial charge in [0.15, 0.2) is 0 Å². The van der Waals surface area contributed by atoms with Crippen molar-refractivity contribution in [3.8, 4) is 0 Å². The number of rotatable bonds is 2. The molecule has 2 heterocycles. The fourth-order valence-corrected chi connectivity index (χ4v) is 2.73. The van der Waals surface area contributed by atoms with Gasteiger partial charge in [0.05, 0.1) is 6.67 Å². The molecule has 0 saturated carbocycles. The third-order valence-corrected chi connectivity index (χ3v) is 4.29. The Bertz CT molecular complexity index is 269. The highest BCUT2D eigenvalue weighted by Crippen LogP contribution is 2.32. The van der Waals surface area contributed by atoms with Gasteiger partial charge in [-0.1, -0.05) is 6.92 Å². The van der Waals surface area contributed by atoms with Crippen molar-refractivity contribution in [2.45, 2.75) is 32.6 Å². The molecule has 98 valence electrons. The van der Waals surface area contributed by atoms with Gasteiger partial charge in [-0.15, -0.1) is 0 Å². The van der Waals surface area contributed by atoms with Crippen molar-refractivity contribution in [2.75, 3.05) is 32.9 Å². The Morgan fingerprint density at radius 2 is 1.94 bits per heavy atom. The zero-order chi connectivity index (χ0) is 12.3. The van der Waals surface area contributed by atoms with E-state index in [1.807, 2.05) is 11.8 Å². The predicted molar refractivity (Wildman–Crippen MR) is 65.5 cm³/mol. The highest BCUT2D eigenvalue weighted by Gasteiger charge is 2.34. The van der Waals surface area contributed by atoms with Crippen LogP contribution in [0.2, 0.25) is 0 Å². The van der Waals surface area contributed by atoms with Crippen LogP contribution in [0, 0.1) is 11.3 Å². The van der Waals surface area contributed by atoms with Crippen molar-refractivity contribution in [1.82, 2.24) is 10.2 Å². The van der Waals surface area contributed by atoms with Crippen molar-refractivity contribution in [2.24, 2.45) is 11.3 Å². The average Bonchev–Trinajstić information content (AvgIpc) is 2.40. The Balaban J connectivity index is 1.85. The summed E-state index contributed by atoms with van der Waals surface area (Å²) in [4.78, 5) is 14.2. The number of nitrogens with zero attached hydrogens (tertiary/aromatic N) is 1. The molecule has 2 aliphatic heterocycles. The smallest absolute Gasteiger partial charge is 0.225 e. The maximum Gasteiger partial charge on any atom is 0.225 e. The molecule has 17 heavy (non-hydrogen) atoms. The van der Waals surface area contributed by atoms with E-state index in [0.29, 0.717) is 5.91 Å². The van der Waals surface area contributed by atoms with Gasteiger partial charge >= 0.3 is 0 Å². The molecule has 0 atom stereocenters. The first-order chi connectivity index (χ1) is 8.14. The van der Waals surface area contributed by atoms with Crippen LogP contribution in [0.15, 0.2) is 0 Å². The SMILES string of the molecule is CC1(CF)CCN(C(=O)C2CCNCC2)CC1. The number of carbonyl (C=O) groups excluding carboxylic acids is 1. The van der Waals surface area contributed by atoms with Crippen LogP contribution in [0.4, 0.5) is 4.39 Å². The first kappa shape index (κ1) is 12.8. The zero-order valence-electron chi connectivity index (χ0n) is 10.7. The fraction of sp³-hybridized carbons (Fsp3) is 0.923. The van der Waals surface area contributed by atoms with Crippen LogP contribution < -0.4 is 5.32 Å². The molecule has 2 rings (SSSR count). The van der Waals surface area contributed by atoms with E-state index in [-0.39, 0.29) is 18.0 Å². The standard InChI is InChI=1S/C13H23FN2O/c1-13(10-14)4-8-16(9-5-13)12(17)11-2-6-15-7-3-11/h11,15H,2-10H2,1H3. The molecule has 0 unspecified atom stereocenters. The predicted octanol–water partition coefficient (Wildman–Crippen LogP) is 1.58. The second kappa shape index (κ2) is 5.34. The van der Waals surface area contributed by atoms with E-state index in [2.05, 4.69) is 5.32 Å². The average molecular weight is 242 g/mol. The van der Waals surface area contributed by atoms with Crippen molar-refractivity contribution in [3.05, 3.63) is 0 Å². The summed E-state index contributed by atoms with van der Waals surface area (Å²) in [6.07, 6.45) is 3.52. The molecule has 0 spiro atoms. The first-order valence-electron chi connectivity index (χ1n) is 6.70. The van der Waals surface area contributed by atoms with Crippen molar-refractivity contribution in [3.63, 3.8) is 0 Å². The maximum atomic E-state index is 12.8. The summed E-state index contributed by atoms with van der Waals surface area (Å²) >= 11 is 0. The Morgan fingerprint density at radius 1 is 1.35 bits per heavy atom. The van der Waals surface area contributed by atoms with Gasteiger partial charge in [0, 0.05) is 19.0 Å². The van der Waals surface area contributed by atoms with Gasteiger partial charge in [0.25, 0.3) is 0 Å². The Labute approximate surface area is 103 Å². The maximum absolute atomic E-state index is 12.8. The van der Waals surface area contributed by atoms with Crippen LogP contribution in [-0.2, 0) is 4.79 Å². The lowest BCUT2D eigenvalue weighted by atomic mass is 9.81. The summed E-state index contributed by atoms with van der Waals surface area (Å²) in [5.41, 5.74) is -0.190. The summed E-state index contributed by atoms with van der Waals surface area (Å²) in [5.74, 6) is 0.499. The Kier molecular flexibility index (Phi) is 4.02. The van der Waals surface area contributed by atoms with Crippen molar-refractivity contribution in [1.29, 1.82) is 0 Å². The zero-order valence-corrected chi connectivity index (χ0v) is 10.7. The largest absolute Gasteiger partial charge is 0.342 e. The number of nitrogens with one attached hydrogen (secondary N) is 1. The van der Waals surface area contributed by atoms with Crippen molar-refractivity contribution >= 4 is 5.91 Å². The topological polar surface area (TPSA) is 32.3 Å². The normalized spacial score (nSPS) is 25.9. The minimum atomic E-state index is -0.262. The number of alkyl halides is 1. The molecule has 0 aliphatic carbocycles. The monoisotopic (exact) mass is 242 g/mol. The summed E-state index contributed by atoms with van der Waals surface area (Å²) in [6, 6.07) is 0. The lowest BCUT2D eigenvalue weighted by Gasteiger charge is -2.39. The summed E-state index contributed by atoms with van der Waals surface area (Å²) in [7, 11) is 0. The molecule has 1 N–H and O–H groups in total. The van der Waals surface area contributed by atoms with Crippen LogP contribution in [-0.4, -0.2) is 43.7 Å². The molecule has 3 nitrogen and oxygen atoms in total. The molecule has 0 aromatic heterocycles. The highest BCUT2D eigenvalue weighted by atomic mass is 19.1. The number of piperidine rings is 2. The Morgan fingerprint density at radius 3 is 2.47 bits per heavy atom. The molecule has 4 heteroatoms. The first-order valence-corrected chi connectivity index (χ1v) is 6.70. The molecule has 2 fully saturated rings. The third kappa shape index (κ3) is 2.97. The van der Waals surface area contributed by atoms with E-state index < -0.39 is 0 Å². The quantitative estimate of drug-likeness (QED) is 0.797. The van der Waals surface area contributed by atoms with Crippen LogP contribution in [0.5, 0.6) is 0 Å². The number of likely N-dealkylation sites (tertiary alicyclic amines) is 1. The lowest BCUT2D eigenvalue weighted by molar-refractivity contribution is -0.138. The van der Waals surface area contributed by atoms with E-state index in [1.54, 1.807) is 0 Å². The number of hydrogen-bond donors (Lipinski definition) is 1. The molecule has 0 aromatic rings. The molecule has 1 amide bonds. The van der Waals surface area contributed by atoms with E-state index in [0.717, 1.165) is 51.9 Å². The van der Waals surface area contributed by atoms with E-state index >= 15 is 0 Å². The van der Waals surface area contributed by atoms with Gasteiger partial charge in [-0.3, -0.25) is 9.18 Å². The summed E-state index contributed by atoms with van der Waals surface area (Å²) in [5, 5.41) is 3.27. The lowest BCUT2D eigenvalue weighted by Crippen LogP contribution is -2.47. The van der Waals surface area contributed by atoms with Crippen LogP contribution in [0.3, 0.4) is 0 Å². The van der Waals surface area contributed by atoms with Crippen LogP contribution >= 0.6 is 0 Å². The molecule has 0 radical (unpaired) electrons. The molecular weight excluding hydrogens is 219 g/mol. The van der Waals surface area contributed by atoms with Gasteiger partial charge in [-0.2, -0.15) is 0 Å². The molecule has 0 aromatic carbocycles.